The highest BCUT2D eigenvalue weighted by molar-refractivity contribution is 7.47. The first kappa shape index (κ1) is 105. The van der Waals surface area contributed by atoms with Gasteiger partial charge in [0.1, 0.15) is 19.3 Å². The quantitative estimate of drug-likeness (QED) is 0.0222. The van der Waals surface area contributed by atoms with E-state index in [1.807, 2.05) is 0 Å². The number of hydrogen-bond acceptors (Lipinski definition) is 15. The SMILES string of the molecule is CCCCCCCCCCCC(=O)OC[C@H](COP(=O)(O)OC[C@H](O)COP(=O)(O)OC[C@@H](COC(=O)CCCCCCCCCCCCCCCCC(C)CC)OC(=O)CCCCCCCCCCCCCCCCCCCCC(C)CC)OC(=O)CCCCCCCCCCCCCCCCC(C)CC. The first-order valence-corrected chi connectivity index (χ1v) is 48.5. The van der Waals surface area contributed by atoms with Crippen LogP contribution in [0.2, 0.25) is 0 Å². The maximum Gasteiger partial charge on any atom is 0.472 e. The molecule has 0 aromatic heterocycles. The Bertz CT molecular complexity index is 2070. The molecular weight excluding hydrogens is 1390 g/mol. The van der Waals surface area contributed by atoms with Crippen LogP contribution in [0.15, 0.2) is 0 Å². The number of aliphatic hydroxyl groups excluding tert-OH is 1. The van der Waals surface area contributed by atoms with Crippen LogP contribution < -0.4 is 0 Å². The van der Waals surface area contributed by atoms with Gasteiger partial charge in [-0.25, -0.2) is 9.13 Å². The lowest BCUT2D eigenvalue weighted by atomic mass is 9.99. The van der Waals surface area contributed by atoms with E-state index in [0.717, 1.165) is 108 Å². The van der Waals surface area contributed by atoms with Crippen molar-refractivity contribution in [3.8, 4) is 0 Å². The van der Waals surface area contributed by atoms with Crippen molar-refractivity contribution >= 4 is 39.5 Å². The summed E-state index contributed by atoms with van der Waals surface area (Å²) in [4.78, 5) is 73.2. The minimum absolute atomic E-state index is 0.108. The number of esters is 4. The van der Waals surface area contributed by atoms with E-state index in [4.69, 9.17) is 37.0 Å². The van der Waals surface area contributed by atoms with Gasteiger partial charge in [0, 0.05) is 25.7 Å². The number of ether oxygens (including phenoxy) is 4. The van der Waals surface area contributed by atoms with Gasteiger partial charge in [-0.3, -0.25) is 37.3 Å². The average molecular weight is 1560 g/mol. The van der Waals surface area contributed by atoms with Gasteiger partial charge >= 0.3 is 39.5 Å². The lowest BCUT2D eigenvalue weighted by Gasteiger charge is -2.21. The molecular formula is C88H172O17P2. The van der Waals surface area contributed by atoms with Crippen molar-refractivity contribution < 1.29 is 80.2 Å². The lowest BCUT2D eigenvalue weighted by Crippen LogP contribution is -2.30. The van der Waals surface area contributed by atoms with Crippen LogP contribution in [0.1, 0.15) is 466 Å². The highest BCUT2D eigenvalue weighted by Gasteiger charge is 2.31. The number of carbonyl (C=O) groups is 4. The molecule has 17 nitrogen and oxygen atoms in total. The van der Waals surface area contributed by atoms with E-state index in [2.05, 4.69) is 48.5 Å². The minimum atomic E-state index is -4.97. The van der Waals surface area contributed by atoms with Gasteiger partial charge in [-0.1, -0.05) is 414 Å². The summed E-state index contributed by atoms with van der Waals surface area (Å²) >= 11 is 0. The van der Waals surface area contributed by atoms with E-state index in [1.54, 1.807) is 0 Å². The number of phosphoric ester groups is 2. The van der Waals surface area contributed by atoms with Gasteiger partial charge in [0.25, 0.3) is 0 Å². The molecule has 0 bridgehead atoms. The van der Waals surface area contributed by atoms with Crippen molar-refractivity contribution in [2.45, 2.75) is 484 Å². The molecule has 0 aliphatic rings. The molecule has 0 fully saturated rings. The van der Waals surface area contributed by atoms with Crippen molar-refractivity contribution in [1.82, 2.24) is 0 Å². The second kappa shape index (κ2) is 78.0. The van der Waals surface area contributed by atoms with Crippen molar-refractivity contribution in [3.63, 3.8) is 0 Å². The third-order valence-corrected chi connectivity index (χ3v) is 23.6. The molecule has 8 atom stereocenters. The van der Waals surface area contributed by atoms with E-state index in [-0.39, 0.29) is 25.7 Å². The van der Waals surface area contributed by atoms with Gasteiger partial charge in [0.05, 0.1) is 26.4 Å². The van der Waals surface area contributed by atoms with Crippen LogP contribution in [0.4, 0.5) is 0 Å². The Morgan fingerprint density at radius 1 is 0.262 bits per heavy atom. The number of aliphatic hydroxyl groups is 1. The van der Waals surface area contributed by atoms with Gasteiger partial charge in [-0.2, -0.15) is 0 Å². The van der Waals surface area contributed by atoms with Gasteiger partial charge in [0.2, 0.25) is 0 Å². The van der Waals surface area contributed by atoms with E-state index < -0.39 is 97.5 Å². The zero-order valence-electron chi connectivity index (χ0n) is 70.6. The van der Waals surface area contributed by atoms with Crippen LogP contribution in [0.3, 0.4) is 0 Å². The molecule has 3 N–H and O–H groups in total. The van der Waals surface area contributed by atoms with Gasteiger partial charge in [0.15, 0.2) is 12.2 Å². The normalized spacial score (nSPS) is 14.6. The number of carbonyl (C=O) groups excluding carboxylic acids is 4. The molecule has 636 valence electrons. The summed E-state index contributed by atoms with van der Waals surface area (Å²) in [5.41, 5.74) is 0. The molecule has 0 saturated heterocycles. The van der Waals surface area contributed by atoms with Crippen LogP contribution in [-0.4, -0.2) is 96.7 Å². The zero-order chi connectivity index (χ0) is 78.6. The molecule has 0 aromatic rings. The van der Waals surface area contributed by atoms with Crippen LogP contribution in [0, 0.1) is 17.8 Å². The summed E-state index contributed by atoms with van der Waals surface area (Å²) in [6, 6.07) is 0. The van der Waals surface area contributed by atoms with E-state index in [0.29, 0.717) is 25.7 Å². The molecule has 0 amide bonds. The Kier molecular flexibility index (Phi) is 76.6. The number of rotatable bonds is 86. The first-order valence-electron chi connectivity index (χ1n) is 45.5. The fourth-order valence-corrected chi connectivity index (χ4v) is 15.2. The zero-order valence-corrected chi connectivity index (χ0v) is 72.4. The molecule has 0 radical (unpaired) electrons. The van der Waals surface area contributed by atoms with Gasteiger partial charge in [-0.15, -0.1) is 0 Å². The fraction of sp³-hybridized carbons (Fsp3) is 0.955. The van der Waals surface area contributed by atoms with Gasteiger partial charge in [-0.05, 0) is 43.4 Å². The second-order valence-electron chi connectivity index (χ2n) is 32.4. The molecule has 0 saturated carbocycles. The molecule has 0 rings (SSSR count). The Morgan fingerprint density at radius 3 is 0.664 bits per heavy atom. The predicted molar refractivity (Wildman–Crippen MR) is 441 cm³/mol. The van der Waals surface area contributed by atoms with Crippen LogP contribution in [0.25, 0.3) is 0 Å². The molecule has 5 unspecified atom stereocenters. The summed E-state index contributed by atoms with van der Waals surface area (Å²) in [5, 5.41) is 10.7. The lowest BCUT2D eigenvalue weighted by molar-refractivity contribution is -0.161. The molecule has 19 heteroatoms. The summed E-state index contributed by atoms with van der Waals surface area (Å²) in [7, 11) is -9.93. The molecule has 107 heavy (non-hydrogen) atoms. The van der Waals surface area contributed by atoms with Crippen LogP contribution in [-0.2, 0) is 65.4 Å². The monoisotopic (exact) mass is 1560 g/mol. The summed E-state index contributed by atoms with van der Waals surface area (Å²) < 4.78 is 68.9. The van der Waals surface area contributed by atoms with Crippen LogP contribution >= 0.6 is 15.6 Å². The van der Waals surface area contributed by atoms with Crippen molar-refractivity contribution in [1.29, 1.82) is 0 Å². The van der Waals surface area contributed by atoms with E-state index in [9.17, 15) is 43.2 Å². The van der Waals surface area contributed by atoms with Gasteiger partial charge < -0.3 is 33.8 Å². The summed E-state index contributed by atoms with van der Waals surface area (Å²) in [6.07, 6.45) is 69.3. The number of phosphoric acid groups is 2. The third kappa shape index (κ3) is 77.8. The second-order valence-corrected chi connectivity index (χ2v) is 35.3. The molecule has 0 aliphatic heterocycles. The summed E-state index contributed by atoms with van der Waals surface area (Å²) in [5.74, 6) is 0.464. The van der Waals surface area contributed by atoms with Crippen molar-refractivity contribution in [2.24, 2.45) is 17.8 Å². The van der Waals surface area contributed by atoms with Crippen molar-refractivity contribution in [2.75, 3.05) is 39.6 Å². The highest BCUT2D eigenvalue weighted by atomic mass is 31.2. The Hall–Kier alpha value is -1.94. The van der Waals surface area contributed by atoms with Crippen molar-refractivity contribution in [3.05, 3.63) is 0 Å². The Labute approximate surface area is 658 Å². The molecule has 0 aromatic carbocycles. The number of hydrogen-bond donors (Lipinski definition) is 3. The Morgan fingerprint density at radius 2 is 0.449 bits per heavy atom. The third-order valence-electron chi connectivity index (χ3n) is 21.7. The van der Waals surface area contributed by atoms with E-state index in [1.165, 1.54) is 276 Å². The first-order chi connectivity index (χ1) is 51.8. The maximum atomic E-state index is 13.2. The Balaban J connectivity index is 5.21. The predicted octanol–water partition coefficient (Wildman–Crippen LogP) is 26.9. The van der Waals surface area contributed by atoms with E-state index >= 15 is 0 Å². The molecule has 0 heterocycles. The molecule has 0 spiro atoms. The molecule has 0 aliphatic carbocycles. The highest BCUT2D eigenvalue weighted by Crippen LogP contribution is 2.45. The smallest absolute Gasteiger partial charge is 0.462 e. The largest absolute Gasteiger partial charge is 0.472 e. The average Bonchev–Trinajstić information content (AvgIpc) is 0.901. The fourth-order valence-electron chi connectivity index (χ4n) is 13.6. The maximum absolute atomic E-state index is 13.2. The minimum Gasteiger partial charge on any atom is -0.462 e. The van der Waals surface area contributed by atoms with Crippen LogP contribution in [0.5, 0.6) is 0 Å². The standard InChI is InChI=1S/C88H172O17P2/c1-8-12-13-14-15-38-48-55-62-69-85(90)98-75-83(104-87(92)72-65-58-51-44-37-31-25-23-28-34-41-47-54-61-68-81(7)11-4)77-102-106(94,95)100-73-82(89)74-101-107(96,97)103-78-84(76-99-86(91)70-63-56-49-42-35-29-24-22-27-33-40-46-53-60-67-80(6)10-3)105-88(93)71-64-57-50-43-36-30-21-19-17-16-18-20-26-32-39-45-52-59-66-79(5)9-2/h79-84,89H,8-78H2,1-7H3,(H,94,95)(H,96,97)/t79?,80?,81?,82-,83+,84+/m0/s1. The number of unbranched alkanes of at least 4 members (excludes halogenated alkanes) is 51. The topological polar surface area (TPSA) is 237 Å². The summed E-state index contributed by atoms with van der Waals surface area (Å²) in [6.45, 7) is 12.1.